The van der Waals surface area contributed by atoms with Crippen molar-refractivity contribution < 1.29 is 8.78 Å². The summed E-state index contributed by atoms with van der Waals surface area (Å²) in [6.45, 7) is 0. The Hall–Kier alpha value is -1.74. The normalized spacial score (nSPS) is 10.9. The first kappa shape index (κ1) is 12.3. The van der Waals surface area contributed by atoms with E-state index < -0.39 is 11.6 Å². The zero-order valence-electron chi connectivity index (χ0n) is 9.83. The Morgan fingerprint density at radius 2 is 1.47 bits per heavy atom. The molecular weight excluding hydrogens is 310 g/mol. The minimum absolute atomic E-state index is 0.261. The van der Waals surface area contributed by atoms with Crippen LogP contribution >= 0.6 is 15.9 Å². The van der Waals surface area contributed by atoms with Crippen LogP contribution in [-0.4, -0.2) is 0 Å². The molecule has 3 rings (SSSR count). The standard InChI is InChI=1S/C16H9BrF2/c17-14-8-13(15(18)9-16(14)19)12-7-3-5-10-4-1-2-6-11(10)12/h1-9H. The van der Waals surface area contributed by atoms with Crippen molar-refractivity contribution in [2.75, 3.05) is 0 Å². The maximum atomic E-state index is 14.0. The highest BCUT2D eigenvalue weighted by atomic mass is 79.9. The van der Waals surface area contributed by atoms with Crippen LogP contribution < -0.4 is 0 Å². The topological polar surface area (TPSA) is 0 Å². The molecule has 0 aliphatic carbocycles. The van der Waals surface area contributed by atoms with Crippen LogP contribution in [0.25, 0.3) is 21.9 Å². The summed E-state index contributed by atoms with van der Waals surface area (Å²) in [7, 11) is 0. The zero-order valence-corrected chi connectivity index (χ0v) is 11.4. The van der Waals surface area contributed by atoms with Gasteiger partial charge in [-0.1, -0.05) is 42.5 Å². The molecule has 0 heterocycles. The van der Waals surface area contributed by atoms with Crippen LogP contribution in [0.5, 0.6) is 0 Å². The fraction of sp³-hybridized carbons (Fsp3) is 0. The van der Waals surface area contributed by atoms with Crippen molar-refractivity contribution in [3.63, 3.8) is 0 Å². The minimum atomic E-state index is -0.596. The first-order chi connectivity index (χ1) is 9.16. The number of benzene rings is 3. The Morgan fingerprint density at radius 1 is 0.737 bits per heavy atom. The minimum Gasteiger partial charge on any atom is -0.206 e. The maximum Gasteiger partial charge on any atom is 0.140 e. The second-order valence-electron chi connectivity index (χ2n) is 4.27. The summed E-state index contributed by atoms with van der Waals surface area (Å²) in [6, 6.07) is 15.8. The Morgan fingerprint density at radius 3 is 2.32 bits per heavy atom. The first-order valence-corrected chi connectivity index (χ1v) is 6.59. The average molecular weight is 319 g/mol. The van der Waals surface area contributed by atoms with Gasteiger partial charge < -0.3 is 0 Å². The van der Waals surface area contributed by atoms with E-state index in [0.717, 1.165) is 22.4 Å². The van der Waals surface area contributed by atoms with E-state index in [2.05, 4.69) is 15.9 Å². The molecule has 0 aromatic heterocycles. The molecule has 0 aliphatic rings. The van der Waals surface area contributed by atoms with Crippen molar-refractivity contribution in [3.8, 4) is 11.1 Å². The van der Waals surface area contributed by atoms with Crippen LogP contribution in [0.2, 0.25) is 0 Å². The van der Waals surface area contributed by atoms with E-state index >= 15 is 0 Å². The molecule has 0 nitrogen and oxygen atoms in total. The summed E-state index contributed by atoms with van der Waals surface area (Å²) in [5.74, 6) is -1.15. The Balaban J connectivity index is 2.33. The molecule has 0 fully saturated rings. The Kier molecular flexibility index (Phi) is 3.07. The van der Waals surface area contributed by atoms with Crippen LogP contribution in [0.4, 0.5) is 8.78 Å². The molecule has 3 aromatic carbocycles. The van der Waals surface area contributed by atoms with Crippen molar-refractivity contribution in [2.24, 2.45) is 0 Å². The molecule has 19 heavy (non-hydrogen) atoms. The van der Waals surface area contributed by atoms with E-state index in [1.807, 2.05) is 42.5 Å². The summed E-state index contributed by atoms with van der Waals surface area (Å²) in [6.07, 6.45) is 0. The van der Waals surface area contributed by atoms with E-state index in [1.165, 1.54) is 6.07 Å². The fourth-order valence-electron chi connectivity index (χ4n) is 2.19. The summed E-state index contributed by atoms with van der Waals surface area (Å²) in [5, 5.41) is 1.97. The molecular formula is C16H9BrF2. The largest absolute Gasteiger partial charge is 0.206 e. The molecule has 0 spiro atoms. The van der Waals surface area contributed by atoms with Gasteiger partial charge in [0.2, 0.25) is 0 Å². The summed E-state index contributed by atoms with van der Waals surface area (Å²) in [4.78, 5) is 0. The van der Waals surface area contributed by atoms with Crippen LogP contribution in [-0.2, 0) is 0 Å². The smallest absolute Gasteiger partial charge is 0.140 e. The lowest BCUT2D eigenvalue weighted by atomic mass is 9.98. The van der Waals surface area contributed by atoms with Crippen LogP contribution in [0, 0.1) is 11.6 Å². The molecule has 0 atom stereocenters. The van der Waals surface area contributed by atoms with Gasteiger partial charge in [0.05, 0.1) is 4.47 Å². The second-order valence-corrected chi connectivity index (χ2v) is 5.13. The molecule has 0 radical (unpaired) electrons. The lowest BCUT2D eigenvalue weighted by Gasteiger charge is -2.09. The third-order valence-corrected chi connectivity index (χ3v) is 3.70. The summed E-state index contributed by atoms with van der Waals surface area (Å²) >= 11 is 3.10. The third-order valence-electron chi connectivity index (χ3n) is 3.09. The molecule has 0 saturated heterocycles. The molecule has 94 valence electrons. The molecule has 0 aliphatic heterocycles. The van der Waals surface area contributed by atoms with Gasteiger partial charge in [0, 0.05) is 11.6 Å². The highest BCUT2D eigenvalue weighted by Crippen LogP contribution is 2.33. The Bertz CT molecular complexity index is 761. The van der Waals surface area contributed by atoms with Gasteiger partial charge in [-0.05, 0) is 38.3 Å². The van der Waals surface area contributed by atoms with Gasteiger partial charge in [-0.3, -0.25) is 0 Å². The quantitative estimate of drug-likeness (QED) is 0.516. The van der Waals surface area contributed by atoms with Gasteiger partial charge in [-0.15, -0.1) is 0 Å². The maximum absolute atomic E-state index is 14.0. The SMILES string of the molecule is Fc1cc(F)c(-c2cccc3ccccc23)cc1Br. The van der Waals surface area contributed by atoms with Gasteiger partial charge in [-0.2, -0.15) is 0 Å². The van der Waals surface area contributed by atoms with E-state index in [1.54, 1.807) is 0 Å². The second kappa shape index (κ2) is 4.74. The zero-order chi connectivity index (χ0) is 13.4. The van der Waals surface area contributed by atoms with Crippen LogP contribution in [0.1, 0.15) is 0 Å². The fourth-order valence-corrected chi connectivity index (χ4v) is 2.53. The van der Waals surface area contributed by atoms with E-state index in [9.17, 15) is 8.78 Å². The van der Waals surface area contributed by atoms with E-state index in [-0.39, 0.29) is 4.47 Å². The van der Waals surface area contributed by atoms with Crippen LogP contribution in [0.15, 0.2) is 59.1 Å². The summed E-state index contributed by atoms with van der Waals surface area (Å²) in [5.41, 5.74) is 1.15. The molecule has 0 amide bonds. The highest BCUT2D eigenvalue weighted by Gasteiger charge is 2.12. The molecule has 3 aromatic rings. The molecule has 0 unspecified atom stereocenters. The molecule has 0 bridgehead atoms. The van der Waals surface area contributed by atoms with E-state index in [0.29, 0.717) is 5.56 Å². The van der Waals surface area contributed by atoms with Crippen molar-refractivity contribution in [3.05, 3.63) is 70.7 Å². The van der Waals surface area contributed by atoms with Crippen LogP contribution in [0.3, 0.4) is 0 Å². The number of halogens is 3. The third kappa shape index (κ3) is 2.15. The molecule has 0 saturated carbocycles. The highest BCUT2D eigenvalue weighted by molar-refractivity contribution is 9.10. The van der Waals surface area contributed by atoms with Gasteiger partial charge in [0.1, 0.15) is 11.6 Å². The predicted octanol–water partition coefficient (Wildman–Crippen LogP) is 5.55. The lowest BCUT2D eigenvalue weighted by Crippen LogP contribution is -1.89. The van der Waals surface area contributed by atoms with Gasteiger partial charge in [0.25, 0.3) is 0 Å². The first-order valence-electron chi connectivity index (χ1n) is 5.79. The Labute approximate surface area is 117 Å². The van der Waals surface area contributed by atoms with Crippen molar-refractivity contribution in [1.29, 1.82) is 0 Å². The van der Waals surface area contributed by atoms with Crippen molar-refractivity contribution in [2.45, 2.75) is 0 Å². The van der Waals surface area contributed by atoms with Gasteiger partial charge in [0.15, 0.2) is 0 Å². The van der Waals surface area contributed by atoms with Crippen molar-refractivity contribution >= 4 is 26.7 Å². The van der Waals surface area contributed by atoms with Gasteiger partial charge >= 0.3 is 0 Å². The van der Waals surface area contributed by atoms with Gasteiger partial charge in [-0.25, -0.2) is 8.78 Å². The van der Waals surface area contributed by atoms with Crippen molar-refractivity contribution in [1.82, 2.24) is 0 Å². The number of fused-ring (bicyclic) bond motifs is 1. The molecule has 3 heteroatoms. The lowest BCUT2D eigenvalue weighted by molar-refractivity contribution is 0.581. The number of hydrogen-bond donors (Lipinski definition) is 0. The monoisotopic (exact) mass is 318 g/mol. The predicted molar refractivity (Wildman–Crippen MR) is 77.0 cm³/mol. The number of rotatable bonds is 1. The van der Waals surface area contributed by atoms with E-state index in [4.69, 9.17) is 0 Å². The molecule has 0 N–H and O–H groups in total. The summed E-state index contributed by atoms with van der Waals surface area (Å²) < 4.78 is 27.5. The number of hydrogen-bond acceptors (Lipinski definition) is 0. The average Bonchev–Trinajstić information content (AvgIpc) is 2.42.